The van der Waals surface area contributed by atoms with Crippen LogP contribution in [0.4, 0.5) is 0 Å². The van der Waals surface area contributed by atoms with Crippen molar-refractivity contribution < 1.29 is 24.9 Å². The van der Waals surface area contributed by atoms with E-state index in [2.05, 4.69) is 5.48 Å². The summed E-state index contributed by atoms with van der Waals surface area (Å²) in [6.45, 7) is 0.409. The number of phenolic OH excluding ortho intramolecular Hbond substituents is 2. The molecule has 0 aliphatic heterocycles. The molecule has 1 atom stereocenters. The van der Waals surface area contributed by atoms with Gasteiger partial charge in [-0.2, -0.15) is 5.48 Å². The maximum Gasteiger partial charge on any atom is 0.132 e. The molecule has 0 saturated heterocycles. The minimum absolute atomic E-state index is 0.163. The molecule has 1 unspecified atom stereocenters. The van der Waals surface area contributed by atoms with Crippen molar-refractivity contribution in [3.63, 3.8) is 0 Å². The number of ether oxygens (including phenoxy) is 2. The lowest BCUT2D eigenvalue weighted by Gasteiger charge is -2.17. The Hall–Kier alpha value is -3.68. The summed E-state index contributed by atoms with van der Waals surface area (Å²) < 4.78 is 13.1. The van der Waals surface area contributed by atoms with Crippen LogP contribution in [0.3, 0.4) is 0 Å². The smallest absolute Gasteiger partial charge is 0.132 e. The third kappa shape index (κ3) is 4.01. The zero-order valence-electron chi connectivity index (χ0n) is 17.2. The van der Waals surface area contributed by atoms with Crippen molar-refractivity contribution in [1.29, 1.82) is 0 Å². The Balaban J connectivity index is 1.87. The van der Waals surface area contributed by atoms with Gasteiger partial charge in [-0.15, -0.1) is 0 Å². The second-order valence-electron chi connectivity index (χ2n) is 7.24. The number of nitrogens with zero attached hydrogens (tertiary/aromatic N) is 1. The highest BCUT2D eigenvalue weighted by molar-refractivity contribution is 6.01. The number of hydrogen-bond donors (Lipinski definition) is 4. The van der Waals surface area contributed by atoms with Crippen molar-refractivity contribution in [2.24, 2.45) is 0 Å². The van der Waals surface area contributed by atoms with Crippen LogP contribution in [-0.4, -0.2) is 34.2 Å². The lowest BCUT2D eigenvalue weighted by Crippen LogP contribution is -2.22. The molecule has 7 heteroatoms. The molecule has 0 fully saturated rings. The summed E-state index contributed by atoms with van der Waals surface area (Å²) in [4.78, 5) is 0. The quantitative estimate of drug-likeness (QED) is 0.330. The second kappa shape index (κ2) is 8.59. The minimum atomic E-state index is -0.416. The molecule has 0 saturated carbocycles. The highest BCUT2D eigenvalue weighted by Gasteiger charge is 2.20. The van der Waals surface area contributed by atoms with Crippen LogP contribution in [-0.2, 0) is 6.54 Å². The Morgan fingerprint density at radius 2 is 1.55 bits per heavy atom. The summed E-state index contributed by atoms with van der Waals surface area (Å²) in [6, 6.07) is 17.0. The first-order chi connectivity index (χ1) is 15.0. The van der Waals surface area contributed by atoms with Gasteiger partial charge in [0.25, 0.3) is 0 Å². The molecule has 0 aliphatic carbocycles. The van der Waals surface area contributed by atoms with Crippen LogP contribution in [0.5, 0.6) is 23.0 Å². The number of fused-ring (bicyclic) bond motifs is 1. The number of aromatic hydroxyl groups is 2. The molecule has 3 aromatic carbocycles. The van der Waals surface area contributed by atoms with E-state index in [-0.39, 0.29) is 11.5 Å². The van der Waals surface area contributed by atoms with Crippen molar-refractivity contribution >= 4 is 10.9 Å². The van der Waals surface area contributed by atoms with E-state index in [1.807, 2.05) is 35.0 Å². The van der Waals surface area contributed by atoms with Crippen LogP contribution in [0.15, 0.2) is 66.9 Å². The van der Waals surface area contributed by atoms with Gasteiger partial charge in [-0.3, -0.25) is 0 Å². The van der Waals surface area contributed by atoms with Crippen molar-refractivity contribution in [2.75, 3.05) is 14.2 Å². The summed E-state index contributed by atoms with van der Waals surface area (Å²) >= 11 is 0. The SMILES string of the molecule is COc1cc(OC)c2c(-c3ccc(O)cc3)cn(CC(NO)c3ccc(O)cc3)c2c1. The second-order valence-corrected chi connectivity index (χ2v) is 7.24. The Morgan fingerprint density at radius 3 is 2.13 bits per heavy atom. The van der Waals surface area contributed by atoms with E-state index >= 15 is 0 Å². The Labute approximate surface area is 179 Å². The Bertz CT molecular complexity index is 1180. The summed E-state index contributed by atoms with van der Waals surface area (Å²) in [6.07, 6.45) is 1.99. The largest absolute Gasteiger partial charge is 0.508 e. The lowest BCUT2D eigenvalue weighted by molar-refractivity contribution is 0.118. The molecule has 0 radical (unpaired) electrons. The molecule has 0 aliphatic rings. The molecule has 0 spiro atoms. The average Bonchev–Trinajstić information content (AvgIpc) is 3.16. The summed E-state index contributed by atoms with van der Waals surface area (Å²) in [5, 5.41) is 30.0. The van der Waals surface area contributed by atoms with Gasteiger partial charge in [0.1, 0.15) is 23.0 Å². The Kier molecular flexibility index (Phi) is 5.70. The van der Waals surface area contributed by atoms with Gasteiger partial charge in [0, 0.05) is 35.8 Å². The molecule has 160 valence electrons. The monoisotopic (exact) mass is 420 g/mol. The molecular weight excluding hydrogens is 396 g/mol. The zero-order chi connectivity index (χ0) is 22.0. The molecule has 4 aromatic rings. The van der Waals surface area contributed by atoms with E-state index in [9.17, 15) is 15.4 Å². The van der Waals surface area contributed by atoms with E-state index < -0.39 is 6.04 Å². The number of rotatable bonds is 7. The summed E-state index contributed by atoms with van der Waals surface area (Å²) in [5.41, 5.74) is 5.91. The number of nitrogens with one attached hydrogen (secondary N) is 1. The fourth-order valence-corrected chi connectivity index (χ4v) is 3.78. The normalized spacial score (nSPS) is 12.1. The Morgan fingerprint density at radius 1 is 0.903 bits per heavy atom. The van der Waals surface area contributed by atoms with Crippen LogP contribution >= 0.6 is 0 Å². The zero-order valence-corrected chi connectivity index (χ0v) is 17.2. The van der Waals surface area contributed by atoms with E-state index in [1.165, 1.54) is 0 Å². The van der Waals surface area contributed by atoms with E-state index in [0.29, 0.717) is 18.0 Å². The fourth-order valence-electron chi connectivity index (χ4n) is 3.78. The molecule has 0 amide bonds. The number of hydrogen-bond acceptors (Lipinski definition) is 6. The van der Waals surface area contributed by atoms with Crippen LogP contribution in [0.25, 0.3) is 22.0 Å². The molecule has 7 nitrogen and oxygen atoms in total. The van der Waals surface area contributed by atoms with Gasteiger partial charge in [0.2, 0.25) is 0 Å². The third-order valence-corrected chi connectivity index (χ3v) is 5.38. The van der Waals surface area contributed by atoms with Gasteiger partial charge >= 0.3 is 0 Å². The fraction of sp³-hybridized carbons (Fsp3) is 0.167. The highest BCUT2D eigenvalue weighted by Crippen LogP contribution is 2.40. The topological polar surface area (TPSA) is 96.1 Å². The van der Waals surface area contributed by atoms with Crippen LogP contribution in [0, 0.1) is 0 Å². The lowest BCUT2D eigenvalue weighted by atomic mass is 10.0. The highest BCUT2D eigenvalue weighted by atomic mass is 16.5. The maximum atomic E-state index is 9.84. The van der Waals surface area contributed by atoms with Crippen molar-refractivity contribution in [3.8, 4) is 34.1 Å². The predicted molar refractivity (Wildman–Crippen MR) is 118 cm³/mol. The van der Waals surface area contributed by atoms with Crippen LogP contribution in [0.2, 0.25) is 0 Å². The molecule has 1 aromatic heterocycles. The number of benzene rings is 3. The molecule has 1 heterocycles. The van der Waals surface area contributed by atoms with Gasteiger partial charge < -0.3 is 29.5 Å². The van der Waals surface area contributed by atoms with E-state index in [4.69, 9.17) is 9.47 Å². The van der Waals surface area contributed by atoms with Gasteiger partial charge in [-0.25, -0.2) is 0 Å². The van der Waals surface area contributed by atoms with Crippen LogP contribution in [0.1, 0.15) is 11.6 Å². The predicted octanol–water partition coefficient (Wildman–Crippen LogP) is 4.46. The molecule has 4 N–H and O–H groups in total. The van der Waals surface area contributed by atoms with E-state index in [0.717, 1.165) is 27.6 Å². The van der Waals surface area contributed by atoms with Gasteiger partial charge in [-0.1, -0.05) is 24.3 Å². The first-order valence-electron chi connectivity index (χ1n) is 9.77. The maximum absolute atomic E-state index is 9.84. The number of phenols is 2. The van der Waals surface area contributed by atoms with E-state index in [1.54, 1.807) is 50.6 Å². The molecule has 31 heavy (non-hydrogen) atoms. The van der Waals surface area contributed by atoms with Gasteiger partial charge in [0.05, 0.1) is 25.8 Å². The van der Waals surface area contributed by atoms with Gasteiger partial charge in [-0.05, 0) is 35.4 Å². The molecule has 4 rings (SSSR count). The van der Waals surface area contributed by atoms with Gasteiger partial charge in [0.15, 0.2) is 0 Å². The molecular formula is C24H24N2O5. The van der Waals surface area contributed by atoms with Crippen LogP contribution < -0.4 is 15.0 Å². The number of methoxy groups -OCH3 is 2. The molecule has 0 bridgehead atoms. The van der Waals surface area contributed by atoms with Crippen molar-refractivity contribution in [1.82, 2.24) is 10.0 Å². The minimum Gasteiger partial charge on any atom is -0.508 e. The number of hydroxylamine groups is 1. The summed E-state index contributed by atoms with van der Waals surface area (Å²) in [7, 11) is 3.21. The standard InChI is InChI=1S/C24H24N2O5/c1-30-19-11-22-24(23(12-19)31-2)20(15-3-7-17(27)8-4-15)13-26(22)14-21(25-29)16-5-9-18(28)10-6-16/h3-13,21,25,27-29H,14H2,1-2H3. The first-order valence-corrected chi connectivity index (χ1v) is 9.77. The van der Waals surface area contributed by atoms with Crippen molar-refractivity contribution in [3.05, 3.63) is 72.4 Å². The first kappa shape index (κ1) is 20.6. The summed E-state index contributed by atoms with van der Waals surface area (Å²) in [5.74, 6) is 1.67. The third-order valence-electron chi connectivity index (χ3n) is 5.38. The average molecular weight is 420 g/mol. The van der Waals surface area contributed by atoms with Crippen molar-refractivity contribution in [2.45, 2.75) is 12.6 Å². The number of aromatic nitrogens is 1.